The molecule has 1 saturated heterocycles. The van der Waals surface area contributed by atoms with Crippen molar-refractivity contribution in [2.24, 2.45) is 5.92 Å². The number of nitrogens with one attached hydrogen (secondary N) is 1. The number of aryl methyl sites for hydroxylation is 1. The van der Waals surface area contributed by atoms with Crippen LogP contribution < -0.4 is 5.32 Å². The van der Waals surface area contributed by atoms with E-state index >= 15 is 0 Å². The summed E-state index contributed by atoms with van der Waals surface area (Å²) in [7, 11) is 0. The Morgan fingerprint density at radius 3 is 3.00 bits per heavy atom. The molecule has 0 radical (unpaired) electrons. The summed E-state index contributed by atoms with van der Waals surface area (Å²) in [5.74, 6) is -0.767. The van der Waals surface area contributed by atoms with E-state index in [0.717, 1.165) is 5.52 Å². The molecule has 7 nitrogen and oxygen atoms in total. The van der Waals surface area contributed by atoms with Gasteiger partial charge in [0.15, 0.2) is 11.5 Å². The van der Waals surface area contributed by atoms with Gasteiger partial charge in [-0.15, -0.1) is 0 Å². The van der Waals surface area contributed by atoms with Gasteiger partial charge >= 0.3 is 12.0 Å². The number of amides is 2. The molecule has 2 heterocycles. The molecular weight excluding hydrogens is 274 g/mol. The molecule has 2 N–H and O–H groups in total. The molecule has 2 aromatic rings. The third-order valence-corrected chi connectivity index (χ3v) is 3.57. The van der Waals surface area contributed by atoms with Gasteiger partial charge in [0.1, 0.15) is 5.52 Å². The first-order valence-corrected chi connectivity index (χ1v) is 6.69. The number of carbonyl (C=O) groups is 2. The normalized spacial score (nSPS) is 18.1. The zero-order valence-corrected chi connectivity index (χ0v) is 11.5. The van der Waals surface area contributed by atoms with Crippen LogP contribution in [0.1, 0.15) is 12.3 Å². The molecule has 1 fully saturated rings. The lowest BCUT2D eigenvalue weighted by atomic mass is 10.1. The Labute approximate surface area is 120 Å². The number of fused-ring (bicyclic) bond motifs is 1. The molecule has 0 bridgehead atoms. The number of carbonyl (C=O) groups excluding carboxylic acids is 1. The Morgan fingerprint density at radius 2 is 2.29 bits per heavy atom. The molecule has 110 valence electrons. The maximum absolute atomic E-state index is 12.1. The molecule has 0 saturated carbocycles. The van der Waals surface area contributed by atoms with Crippen molar-refractivity contribution in [2.45, 2.75) is 13.3 Å². The Morgan fingerprint density at radius 1 is 1.48 bits per heavy atom. The maximum Gasteiger partial charge on any atom is 0.321 e. The SMILES string of the molecule is Cc1nc2ccc(NC(=O)N3CCC(C(=O)O)C3)cc2o1. The van der Waals surface area contributed by atoms with E-state index in [0.29, 0.717) is 30.1 Å². The Balaban J connectivity index is 1.70. The molecule has 0 aliphatic carbocycles. The van der Waals surface area contributed by atoms with E-state index < -0.39 is 11.9 Å². The van der Waals surface area contributed by atoms with Crippen molar-refractivity contribution in [2.75, 3.05) is 18.4 Å². The first kappa shape index (κ1) is 13.4. The number of aromatic nitrogens is 1. The minimum atomic E-state index is -0.858. The van der Waals surface area contributed by atoms with Crippen LogP contribution in [0, 0.1) is 12.8 Å². The van der Waals surface area contributed by atoms with Crippen molar-refractivity contribution in [3.63, 3.8) is 0 Å². The van der Waals surface area contributed by atoms with Crippen LogP contribution in [0.15, 0.2) is 22.6 Å². The number of benzene rings is 1. The molecular formula is C14H15N3O4. The molecule has 3 rings (SSSR count). The number of rotatable bonds is 2. The molecule has 1 unspecified atom stereocenters. The lowest BCUT2D eigenvalue weighted by molar-refractivity contribution is -0.141. The summed E-state index contributed by atoms with van der Waals surface area (Å²) in [5.41, 5.74) is 1.94. The second kappa shape index (κ2) is 5.08. The number of hydrogen-bond acceptors (Lipinski definition) is 4. The summed E-state index contributed by atoms with van der Waals surface area (Å²) in [6.07, 6.45) is 0.489. The largest absolute Gasteiger partial charge is 0.481 e. The zero-order chi connectivity index (χ0) is 15.0. The van der Waals surface area contributed by atoms with Gasteiger partial charge in [-0.2, -0.15) is 0 Å². The van der Waals surface area contributed by atoms with Gasteiger partial charge in [-0.05, 0) is 18.6 Å². The fourth-order valence-electron chi connectivity index (χ4n) is 2.47. The highest BCUT2D eigenvalue weighted by Crippen LogP contribution is 2.21. The van der Waals surface area contributed by atoms with E-state index in [1.165, 1.54) is 4.90 Å². The van der Waals surface area contributed by atoms with Crippen molar-refractivity contribution in [3.05, 3.63) is 24.1 Å². The molecule has 1 aliphatic rings. The minimum Gasteiger partial charge on any atom is -0.481 e. The van der Waals surface area contributed by atoms with Crippen molar-refractivity contribution < 1.29 is 19.1 Å². The highest BCUT2D eigenvalue weighted by molar-refractivity contribution is 5.92. The van der Waals surface area contributed by atoms with Gasteiger partial charge in [0.25, 0.3) is 0 Å². The van der Waals surface area contributed by atoms with Crippen LogP contribution in [-0.2, 0) is 4.79 Å². The number of nitrogens with zero attached hydrogens (tertiary/aromatic N) is 2. The number of aliphatic carboxylic acids is 1. The van der Waals surface area contributed by atoms with Crippen LogP contribution >= 0.6 is 0 Å². The van der Waals surface area contributed by atoms with Crippen LogP contribution in [0.2, 0.25) is 0 Å². The average Bonchev–Trinajstić information content (AvgIpc) is 3.03. The fraction of sp³-hybridized carbons (Fsp3) is 0.357. The highest BCUT2D eigenvalue weighted by Gasteiger charge is 2.30. The molecule has 2 amide bonds. The average molecular weight is 289 g/mol. The van der Waals surface area contributed by atoms with Gasteiger partial charge in [-0.25, -0.2) is 9.78 Å². The van der Waals surface area contributed by atoms with Crippen LogP contribution in [0.3, 0.4) is 0 Å². The lowest BCUT2D eigenvalue weighted by Gasteiger charge is -2.16. The van der Waals surface area contributed by atoms with Crippen LogP contribution in [-0.4, -0.2) is 40.1 Å². The predicted molar refractivity (Wildman–Crippen MR) is 75.1 cm³/mol. The van der Waals surface area contributed by atoms with Gasteiger partial charge in [0.2, 0.25) is 0 Å². The van der Waals surface area contributed by atoms with E-state index in [9.17, 15) is 9.59 Å². The molecule has 1 aliphatic heterocycles. The molecule has 0 spiro atoms. The van der Waals surface area contributed by atoms with Gasteiger partial charge in [-0.1, -0.05) is 0 Å². The summed E-state index contributed by atoms with van der Waals surface area (Å²) in [5, 5.41) is 11.7. The molecule has 1 aromatic heterocycles. The summed E-state index contributed by atoms with van der Waals surface area (Å²) < 4.78 is 5.41. The smallest absolute Gasteiger partial charge is 0.321 e. The quantitative estimate of drug-likeness (QED) is 0.882. The number of anilines is 1. The van der Waals surface area contributed by atoms with E-state index in [1.54, 1.807) is 25.1 Å². The van der Waals surface area contributed by atoms with E-state index in [-0.39, 0.29) is 12.6 Å². The van der Waals surface area contributed by atoms with E-state index in [2.05, 4.69) is 10.3 Å². The molecule has 7 heteroatoms. The van der Waals surface area contributed by atoms with Crippen LogP contribution in [0.5, 0.6) is 0 Å². The standard InChI is InChI=1S/C14H15N3O4/c1-8-15-11-3-2-10(6-12(11)21-8)16-14(20)17-5-4-9(7-17)13(18)19/h2-3,6,9H,4-5,7H2,1H3,(H,16,20)(H,18,19). The molecule has 21 heavy (non-hydrogen) atoms. The summed E-state index contributed by atoms with van der Waals surface area (Å²) >= 11 is 0. The number of carboxylic acids is 1. The van der Waals surface area contributed by atoms with Gasteiger partial charge in [-0.3, -0.25) is 4.79 Å². The minimum absolute atomic E-state index is 0.241. The Hall–Kier alpha value is -2.57. The first-order chi connectivity index (χ1) is 10.0. The van der Waals surface area contributed by atoms with Gasteiger partial charge < -0.3 is 19.7 Å². The zero-order valence-electron chi connectivity index (χ0n) is 11.5. The van der Waals surface area contributed by atoms with Crippen molar-refractivity contribution >= 4 is 28.8 Å². The molecule has 1 aromatic carbocycles. The van der Waals surface area contributed by atoms with Crippen molar-refractivity contribution in [3.8, 4) is 0 Å². The Kier molecular flexibility index (Phi) is 3.25. The third-order valence-electron chi connectivity index (χ3n) is 3.57. The van der Waals surface area contributed by atoms with E-state index in [4.69, 9.17) is 9.52 Å². The van der Waals surface area contributed by atoms with Gasteiger partial charge in [0.05, 0.1) is 5.92 Å². The van der Waals surface area contributed by atoms with Crippen molar-refractivity contribution in [1.82, 2.24) is 9.88 Å². The summed E-state index contributed by atoms with van der Waals surface area (Å²) in [6, 6.07) is 4.92. The monoisotopic (exact) mass is 289 g/mol. The summed E-state index contributed by atoms with van der Waals surface area (Å²) in [6.45, 7) is 2.45. The predicted octanol–water partition coefficient (Wildman–Crippen LogP) is 2.07. The number of carboxylic acid groups (broad SMARTS) is 1. The second-order valence-electron chi connectivity index (χ2n) is 5.12. The highest BCUT2D eigenvalue weighted by atomic mass is 16.4. The first-order valence-electron chi connectivity index (χ1n) is 6.69. The van der Waals surface area contributed by atoms with E-state index in [1.807, 2.05) is 0 Å². The van der Waals surface area contributed by atoms with Crippen molar-refractivity contribution in [1.29, 1.82) is 0 Å². The van der Waals surface area contributed by atoms with Crippen LogP contribution in [0.25, 0.3) is 11.1 Å². The number of oxazole rings is 1. The third kappa shape index (κ3) is 2.67. The lowest BCUT2D eigenvalue weighted by Crippen LogP contribution is -2.33. The van der Waals surface area contributed by atoms with Gasteiger partial charge in [0, 0.05) is 31.8 Å². The number of likely N-dealkylation sites (tertiary alicyclic amines) is 1. The second-order valence-corrected chi connectivity index (χ2v) is 5.12. The summed E-state index contributed by atoms with van der Waals surface area (Å²) in [4.78, 5) is 28.7. The number of urea groups is 1. The number of hydrogen-bond donors (Lipinski definition) is 2. The fourth-order valence-corrected chi connectivity index (χ4v) is 2.47. The maximum atomic E-state index is 12.1. The topological polar surface area (TPSA) is 95.7 Å². The van der Waals surface area contributed by atoms with Crippen LogP contribution in [0.4, 0.5) is 10.5 Å². The Bertz CT molecular complexity index is 709. The molecule has 1 atom stereocenters.